The summed E-state index contributed by atoms with van der Waals surface area (Å²) in [6, 6.07) is 12.6. The molecule has 4 rings (SSSR count). The molecule has 0 bridgehead atoms. The lowest BCUT2D eigenvalue weighted by atomic mass is 10.2. The number of amides is 2. The van der Waals surface area contributed by atoms with Crippen molar-refractivity contribution in [3.05, 3.63) is 54.3 Å². The fraction of sp³-hybridized carbons (Fsp3) is 0.364. The number of hydrogen-bond acceptors (Lipinski definition) is 5. The molecule has 1 N–H and O–H groups in total. The predicted molar refractivity (Wildman–Crippen MR) is 109 cm³/mol. The topological polar surface area (TPSA) is 71.1 Å². The third-order valence-electron chi connectivity index (χ3n) is 5.45. The zero-order chi connectivity index (χ0) is 21.1. The normalized spacial score (nSPS) is 19.8. The van der Waals surface area contributed by atoms with Gasteiger partial charge in [0.1, 0.15) is 12.4 Å². The molecule has 2 aromatic carbocycles. The van der Waals surface area contributed by atoms with Gasteiger partial charge in [0, 0.05) is 31.9 Å². The summed E-state index contributed by atoms with van der Waals surface area (Å²) >= 11 is 0. The maximum atomic E-state index is 13.0. The summed E-state index contributed by atoms with van der Waals surface area (Å²) in [7, 11) is 0. The molecule has 0 radical (unpaired) electrons. The Morgan fingerprint density at radius 3 is 2.40 bits per heavy atom. The van der Waals surface area contributed by atoms with Gasteiger partial charge in [-0.3, -0.25) is 14.5 Å². The number of benzene rings is 2. The van der Waals surface area contributed by atoms with Gasteiger partial charge in [0.15, 0.2) is 11.5 Å². The predicted octanol–water partition coefficient (Wildman–Crippen LogP) is 2.14. The van der Waals surface area contributed by atoms with Gasteiger partial charge >= 0.3 is 0 Å². The smallest absolute Gasteiger partial charge is 0.267 e. The van der Waals surface area contributed by atoms with E-state index in [-0.39, 0.29) is 30.3 Å². The monoisotopic (exact) mass is 413 g/mol. The molecule has 0 saturated carbocycles. The van der Waals surface area contributed by atoms with Gasteiger partial charge in [-0.2, -0.15) is 0 Å². The summed E-state index contributed by atoms with van der Waals surface area (Å²) < 4.78 is 24.5. The highest BCUT2D eigenvalue weighted by Crippen LogP contribution is 2.31. The second-order valence-electron chi connectivity index (χ2n) is 7.40. The van der Waals surface area contributed by atoms with Gasteiger partial charge < -0.3 is 19.7 Å². The third-order valence-corrected chi connectivity index (χ3v) is 5.45. The molecule has 30 heavy (non-hydrogen) atoms. The van der Waals surface area contributed by atoms with E-state index in [9.17, 15) is 14.0 Å². The van der Waals surface area contributed by atoms with E-state index in [4.69, 9.17) is 9.47 Å². The molecular weight excluding hydrogens is 389 g/mol. The van der Waals surface area contributed by atoms with Gasteiger partial charge in [-0.25, -0.2) is 4.39 Å². The first-order valence-electron chi connectivity index (χ1n) is 9.99. The van der Waals surface area contributed by atoms with Crippen LogP contribution in [0.5, 0.6) is 11.5 Å². The van der Waals surface area contributed by atoms with E-state index in [1.54, 1.807) is 11.0 Å². The molecule has 1 saturated heterocycles. The highest BCUT2D eigenvalue weighted by molar-refractivity contribution is 5.94. The van der Waals surface area contributed by atoms with Crippen molar-refractivity contribution in [2.24, 2.45) is 0 Å². The second-order valence-corrected chi connectivity index (χ2v) is 7.40. The van der Waals surface area contributed by atoms with Crippen molar-refractivity contribution < 1.29 is 23.5 Å². The molecule has 2 heterocycles. The van der Waals surface area contributed by atoms with Gasteiger partial charge in [-0.1, -0.05) is 12.1 Å². The van der Waals surface area contributed by atoms with E-state index in [1.165, 1.54) is 24.3 Å². The molecule has 2 aliphatic heterocycles. The molecule has 1 fully saturated rings. The van der Waals surface area contributed by atoms with Crippen LogP contribution in [0.3, 0.4) is 0 Å². The Balaban J connectivity index is 1.28. The van der Waals surface area contributed by atoms with Crippen LogP contribution >= 0.6 is 0 Å². The van der Waals surface area contributed by atoms with Gasteiger partial charge in [0.05, 0.1) is 6.04 Å². The molecule has 0 spiro atoms. The number of halogens is 1. The van der Waals surface area contributed by atoms with Crippen molar-refractivity contribution in [2.45, 2.75) is 19.1 Å². The fourth-order valence-electron chi connectivity index (χ4n) is 3.62. The van der Waals surface area contributed by atoms with E-state index in [1.807, 2.05) is 30.0 Å². The van der Waals surface area contributed by atoms with Crippen LogP contribution < -0.4 is 14.8 Å². The lowest BCUT2D eigenvalue weighted by Crippen LogP contribution is -2.57. The van der Waals surface area contributed by atoms with Gasteiger partial charge in [-0.15, -0.1) is 0 Å². The van der Waals surface area contributed by atoms with Crippen LogP contribution in [0.25, 0.3) is 0 Å². The maximum Gasteiger partial charge on any atom is 0.267 e. The average molecular weight is 413 g/mol. The average Bonchev–Trinajstić information content (AvgIpc) is 2.79. The number of carbonyl (C=O) groups is 2. The van der Waals surface area contributed by atoms with Gasteiger partial charge in [0.25, 0.3) is 5.91 Å². The van der Waals surface area contributed by atoms with Crippen molar-refractivity contribution in [2.75, 3.05) is 38.1 Å². The van der Waals surface area contributed by atoms with Gasteiger partial charge in [0.2, 0.25) is 12.0 Å². The summed E-state index contributed by atoms with van der Waals surface area (Å²) in [6.07, 6.45) is -0.661. The standard InChI is InChI=1S/C22H24FN3O4/c1-15(21(27)24-17-8-6-16(23)7-9-17)25-10-12-26(13-11-25)22(28)20-14-29-18-4-2-3-5-19(18)30-20/h2-9,15,20H,10-14H2,1H3,(H,24,27)/t15-,20+/m0/s1. The minimum atomic E-state index is -0.661. The minimum Gasteiger partial charge on any atom is -0.485 e. The van der Waals surface area contributed by atoms with Crippen molar-refractivity contribution >= 4 is 17.5 Å². The Labute approximate surface area is 174 Å². The van der Waals surface area contributed by atoms with Crippen molar-refractivity contribution in [1.29, 1.82) is 0 Å². The summed E-state index contributed by atoms with van der Waals surface area (Å²) in [5, 5.41) is 2.80. The van der Waals surface area contributed by atoms with Crippen molar-refractivity contribution in [3.8, 4) is 11.5 Å². The molecule has 0 aliphatic carbocycles. The van der Waals surface area contributed by atoms with E-state index in [0.29, 0.717) is 43.4 Å². The van der Waals surface area contributed by atoms with E-state index < -0.39 is 6.10 Å². The van der Waals surface area contributed by atoms with Crippen LogP contribution in [-0.2, 0) is 9.59 Å². The van der Waals surface area contributed by atoms with Gasteiger partial charge in [-0.05, 0) is 43.3 Å². The van der Waals surface area contributed by atoms with Crippen LogP contribution in [0.1, 0.15) is 6.92 Å². The number of hydrogen-bond donors (Lipinski definition) is 1. The first-order chi connectivity index (χ1) is 14.5. The Hall–Kier alpha value is -3.13. The number of fused-ring (bicyclic) bond motifs is 1. The number of carbonyl (C=O) groups excluding carboxylic acids is 2. The van der Waals surface area contributed by atoms with E-state index in [2.05, 4.69) is 5.32 Å². The zero-order valence-electron chi connectivity index (χ0n) is 16.7. The van der Waals surface area contributed by atoms with Crippen LogP contribution in [0.15, 0.2) is 48.5 Å². The first-order valence-corrected chi connectivity index (χ1v) is 9.99. The molecule has 8 heteroatoms. The Bertz CT molecular complexity index is 913. The Morgan fingerprint density at radius 1 is 1.03 bits per heavy atom. The van der Waals surface area contributed by atoms with E-state index in [0.717, 1.165) is 0 Å². The summed E-state index contributed by atoms with van der Waals surface area (Å²) in [6.45, 7) is 4.18. The van der Waals surface area contributed by atoms with Crippen LogP contribution in [0.4, 0.5) is 10.1 Å². The molecule has 0 aromatic heterocycles. The molecule has 2 atom stereocenters. The third kappa shape index (κ3) is 4.38. The number of ether oxygens (including phenoxy) is 2. The number of nitrogens with zero attached hydrogens (tertiary/aromatic N) is 2. The highest BCUT2D eigenvalue weighted by Gasteiger charge is 2.34. The quantitative estimate of drug-likeness (QED) is 0.832. The molecule has 158 valence electrons. The number of piperazine rings is 1. The largest absolute Gasteiger partial charge is 0.485 e. The highest BCUT2D eigenvalue weighted by atomic mass is 19.1. The van der Waals surface area contributed by atoms with E-state index >= 15 is 0 Å². The number of nitrogens with one attached hydrogen (secondary N) is 1. The lowest BCUT2D eigenvalue weighted by molar-refractivity contribution is -0.143. The van der Waals surface area contributed by atoms with Crippen molar-refractivity contribution in [3.63, 3.8) is 0 Å². The zero-order valence-corrected chi connectivity index (χ0v) is 16.7. The summed E-state index contributed by atoms with van der Waals surface area (Å²) in [5.41, 5.74) is 0.553. The summed E-state index contributed by atoms with van der Waals surface area (Å²) in [5.74, 6) is 0.603. The lowest BCUT2D eigenvalue weighted by Gasteiger charge is -2.39. The first kappa shape index (κ1) is 20.2. The fourth-order valence-corrected chi connectivity index (χ4v) is 3.62. The van der Waals surface area contributed by atoms with Crippen LogP contribution in [0.2, 0.25) is 0 Å². The number of rotatable bonds is 4. The Kier molecular flexibility index (Phi) is 5.85. The molecule has 2 amide bonds. The SMILES string of the molecule is C[C@@H](C(=O)Nc1ccc(F)cc1)N1CCN(C(=O)[C@H]2COc3ccccc3O2)CC1. The molecular formula is C22H24FN3O4. The molecule has 7 nitrogen and oxygen atoms in total. The van der Waals surface area contributed by atoms with Crippen molar-refractivity contribution in [1.82, 2.24) is 9.80 Å². The number of anilines is 1. The molecule has 2 aliphatic rings. The van der Waals surface area contributed by atoms with Crippen LogP contribution in [-0.4, -0.2) is 66.5 Å². The molecule has 0 unspecified atom stereocenters. The molecule has 2 aromatic rings. The maximum absolute atomic E-state index is 13.0. The minimum absolute atomic E-state index is 0.104. The van der Waals surface area contributed by atoms with Crippen LogP contribution in [0, 0.1) is 5.82 Å². The number of para-hydroxylation sites is 2. The Morgan fingerprint density at radius 2 is 1.70 bits per heavy atom. The second kappa shape index (κ2) is 8.71. The summed E-state index contributed by atoms with van der Waals surface area (Å²) in [4.78, 5) is 29.1.